The fourth-order valence-electron chi connectivity index (χ4n) is 2.57. The first-order chi connectivity index (χ1) is 14.1. The van der Waals surface area contributed by atoms with Crippen LogP contribution in [0.3, 0.4) is 0 Å². The number of hydrogen-bond acceptors (Lipinski definition) is 7. The third-order valence-corrected chi connectivity index (χ3v) is 6.11. The highest BCUT2D eigenvalue weighted by molar-refractivity contribution is 8.01. The van der Waals surface area contributed by atoms with E-state index in [4.69, 9.17) is 0 Å². The lowest BCUT2D eigenvalue weighted by molar-refractivity contribution is -0.113. The van der Waals surface area contributed by atoms with Crippen LogP contribution in [0, 0.1) is 0 Å². The van der Waals surface area contributed by atoms with Crippen molar-refractivity contribution in [2.45, 2.75) is 17.3 Å². The average molecular weight is 428 g/mol. The van der Waals surface area contributed by atoms with Crippen molar-refractivity contribution in [1.82, 2.24) is 15.5 Å². The zero-order valence-electron chi connectivity index (χ0n) is 16.0. The number of benzene rings is 2. The summed E-state index contributed by atoms with van der Waals surface area (Å²) in [5.74, 6) is -0.283. The first-order valence-corrected chi connectivity index (χ1v) is 10.8. The predicted octanol–water partition coefficient (Wildman–Crippen LogP) is 3.80. The molecular formula is C20H21N5O2S2. The molecule has 0 aliphatic carbocycles. The highest BCUT2D eigenvalue weighted by atomic mass is 32.2. The summed E-state index contributed by atoms with van der Waals surface area (Å²) in [6, 6.07) is 16.5. The quantitative estimate of drug-likeness (QED) is 0.473. The van der Waals surface area contributed by atoms with Crippen LogP contribution in [0.15, 0.2) is 58.9 Å². The zero-order chi connectivity index (χ0) is 20.6. The summed E-state index contributed by atoms with van der Waals surface area (Å²) in [6.07, 6.45) is 0. The molecule has 2 aromatic carbocycles. The summed E-state index contributed by atoms with van der Waals surface area (Å²) in [5, 5.41) is 17.3. The summed E-state index contributed by atoms with van der Waals surface area (Å²) in [6.45, 7) is 1.92. The van der Waals surface area contributed by atoms with Crippen LogP contribution in [0.1, 0.15) is 28.9 Å². The lowest BCUT2D eigenvalue weighted by Crippen LogP contribution is -2.28. The van der Waals surface area contributed by atoms with Gasteiger partial charge in [0.15, 0.2) is 4.34 Å². The van der Waals surface area contributed by atoms with Crippen LogP contribution in [0.4, 0.5) is 10.8 Å². The maximum atomic E-state index is 12.8. The van der Waals surface area contributed by atoms with Crippen LogP contribution in [0.25, 0.3) is 0 Å². The molecule has 0 bridgehead atoms. The topological polar surface area (TPSA) is 96.0 Å². The van der Waals surface area contributed by atoms with Gasteiger partial charge in [0.1, 0.15) is 0 Å². The van der Waals surface area contributed by atoms with E-state index in [9.17, 15) is 9.59 Å². The lowest BCUT2D eigenvalue weighted by atomic mass is 10.1. The molecule has 0 aliphatic rings. The fraction of sp³-hybridized carbons (Fsp3) is 0.200. The smallest absolute Gasteiger partial charge is 0.253 e. The summed E-state index contributed by atoms with van der Waals surface area (Å²) < 4.78 is 0.701. The van der Waals surface area contributed by atoms with E-state index in [2.05, 4.69) is 26.1 Å². The molecule has 150 valence electrons. The van der Waals surface area contributed by atoms with E-state index >= 15 is 0 Å². The largest absolute Gasteiger partial charge is 0.363 e. The molecule has 0 aliphatic heterocycles. The molecule has 1 aromatic heterocycles. The van der Waals surface area contributed by atoms with Gasteiger partial charge in [-0.15, -0.1) is 10.2 Å². The van der Waals surface area contributed by atoms with Crippen LogP contribution in [0.5, 0.6) is 0 Å². The van der Waals surface area contributed by atoms with Gasteiger partial charge < -0.3 is 16.0 Å². The molecule has 2 amide bonds. The number of hydrogen-bond donors (Lipinski definition) is 3. The number of amides is 2. The van der Waals surface area contributed by atoms with Gasteiger partial charge in [-0.3, -0.25) is 9.59 Å². The summed E-state index contributed by atoms with van der Waals surface area (Å²) in [4.78, 5) is 25.1. The Labute approximate surface area is 177 Å². The molecule has 1 heterocycles. The van der Waals surface area contributed by atoms with Crippen molar-refractivity contribution >= 4 is 45.7 Å². The van der Waals surface area contributed by atoms with Crippen molar-refractivity contribution in [2.75, 3.05) is 23.4 Å². The number of para-hydroxylation sites is 1. The molecule has 0 spiro atoms. The van der Waals surface area contributed by atoms with Crippen LogP contribution >= 0.6 is 23.1 Å². The van der Waals surface area contributed by atoms with Gasteiger partial charge in [-0.05, 0) is 24.6 Å². The minimum Gasteiger partial charge on any atom is -0.363 e. The molecule has 0 fully saturated rings. The van der Waals surface area contributed by atoms with E-state index in [1.165, 1.54) is 23.1 Å². The van der Waals surface area contributed by atoms with Gasteiger partial charge >= 0.3 is 0 Å². The van der Waals surface area contributed by atoms with E-state index in [1.54, 1.807) is 31.3 Å². The summed E-state index contributed by atoms with van der Waals surface area (Å²) in [7, 11) is 1.77. The summed E-state index contributed by atoms with van der Waals surface area (Å²) >= 11 is 2.68. The Bertz CT molecular complexity index is 978. The monoisotopic (exact) mass is 427 g/mol. The van der Waals surface area contributed by atoms with Gasteiger partial charge in [0.25, 0.3) is 5.91 Å². The normalized spacial score (nSPS) is 11.5. The number of nitrogens with zero attached hydrogens (tertiary/aromatic N) is 2. The van der Waals surface area contributed by atoms with Crippen molar-refractivity contribution in [2.24, 2.45) is 0 Å². The van der Waals surface area contributed by atoms with Crippen molar-refractivity contribution in [3.05, 3.63) is 65.7 Å². The fourth-order valence-corrected chi connectivity index (χ4v) is 4.08. The minimum absolute atomic E-state index is 0.151. The van der Waals surface area contributed by atoms with E-state index in [0.29, 0.717) is 20.7 Å². The second-order valence-corrected chi connectivity index (χ2v) is 8.31. The third-order valence-electron chi connectivity index (χ3n) is 4.04. The van der Waals surface area contributed by atoms with Gasteiger partial charge in [-0.2, -0.15) is 0 Å². The maximum Gasteiger partial charge on any atom is 0.253 e. The molecule has 29 heavy (non-hydrogen) atoms. The molecule has 1 atom stereocenters. The standard InChI is InChI=1S/C20H21N5O2S2/c1-13(14-8-4-3-5-9-14)22-18(27)15-10-6-7-11-16(15)23-17(26)12-28-20-25-24-19(21-2)29-20/h3-11,13H,12H2,1-2H3,(H,21,24)(H,22,27)(H,23,26)/t13-/m0/s1. The molecule has 0 unspecified atom stereocenters. The maximum absolute atomic E-state index is 12.8. The van der Waals surface area contributed by atoms with Gasteiger partial charge in [0, 0.05) is 7.05 Å². The van der Waals surface area contributed by atoms with Crippen LogP contribution in [-0.4, -0.2) is 34.8 Å². The second kappa shape index (κ2) is 10.0. The van der Waals surface area contributed by atoms with E-state index < -0.39 is 0 Å². The van der Waals surface area contributed by atoms with Crippen LogP contribution < -0.4 is 16.0 Å². The molecule has 0 radical (unpaired) electrons. The Morgan fingerprint density at radius 2 is 1.79 bits per heavy atom. The number of nitrogens with one attached hydrogen (secondary N) is 3. The van der Waals surface area contributed by atoms with Gasteiger partial charge in [-0.1, -0.05) is 65.6 Å². The molecule has 7 nitrogen and oxygen atoms in total. The Morgan fingerprint density at radius 1 is 1.07 bits per heavy atom. The number of thioether (sulfide) groups is 1. The van der Waals surface area contributed by atoms with Crippen molar-refractivity contribution < 1.29 is 9.59 Å². The highest BCUT2D eigenvalue weighted by Gasteiger charge is 2.16. The van der Waals surface area contributed by atoms with Crippen molar-refractivity contribution in [3.63, 3.8) is 0 Å². The number of carbonyl (C=O) groups is 2. The molecule has 0 saturated heterocycles. The Balaban J connectivity index is 1.61. The van der Waals surface area contributed by atoms with E-state index in [1.807, 2.05) is 37.3 Å². The van der Waals surface area contributed by atoms with Gasteiger partial charge in [0.2, 0.25) is 11.0 Å². The van der Waals surface area contributed by atoms with E-state index in [-0.39, 0.29) is 23.6 Å². The minimum atomic E-state index is -0.243. The van der Waals surface area contributed by atoms with Crippen molar-refractivity contribution in [3.8, 4) is 0 Å². The van der Waals surface area contributed by atoms with Crippen LogP contribution in [0.2, 0.25) is 0 Å². The molecule has 3 N–H and O–H groups in total. The number of rotatable bonds is 8. The summed E-state index contributed by atoms with van der Waals surface area (Å²) in [5.41, 5.74) is 1.91. The Morgan fingerprint density at radius 3 is 2.52 bits per heavy atom. The first kappa shape index (κ1) is 20.8. The molecule has 0 saturated carbocycles. The number of aromatic nitrogens is 2. The highest BCUT2D eigenvalue weighted by Crippen LogP contribution is 2.25. The van der Waals surface area contributed by atoms with E-state index in [0.717, 1.165) is 5.56 Å². The number of anilines is 2. The van der Waals surface area contributed by atoms with Gasteiger partial charge in [-0.25, -0.2) is 0 Å². The zero-order valence-corrected chi connectivity index (χ0v) is 17.6. The lowest BCUT2D eigenvalue weighted by Gasteiger charge is -2.16. The third kappa shape index (κ3) is 5.78. The molecular weight excluding hydrogens is 406 g/mol. The van der Waals surface area contributed by atoms with Gasteiger partial charge in [0.05, 0.1) is 23.0 Å². The Hall–Kier alpha value is -2.91. The second-order valence-electron chi connectivity index (χ2n) is 6.11. The molecule has 9 heteroatoms. The first-order valence-electron chi connectivity index (χ1n) is 8.95. The number of carbonyl (C=O) groups excluding carboxylic acids is 2. The average Bonchev–Trinajstić information content (AvgIpc) is 3.21. The van der Waals surface area contributed by atoms with Crippen LogP contribution in [-0.2, 0) is 4.79 Å². The Kier molecular flexibility index (Phi) is 7.20. The molecule has 3 rings (SSSR count). The predicted molar refractivity (Wildman–Crippen MR) is 118 cm³/mol. The molecule has 3 aromatic rings. The SMILES string of the molecule is CNc1nnc(SCC(=O)Nc2ccccc2C(=O)N[C@@H](C)c2ccccc2)s1. The van der Waals surface area contributed by atoms with Crippen molar-refractivity contribution in [1.29, 1.82) is 0 Å².